The molecule has 0 saturated heterocycles. The molecule has 1 atom stereocenters. The standard InChI is InChI=1S/C7H8ClF2NO3/c1-3(8)7(14)11-4(6(9)10)2-5(12)13/h2-3,6H,1H3,(H,11,14)(H,12,13)/b4-2+. The number of nitrogens with one attached hydrogen (secondary N) is 1. The minimum atomic E-state index is -3.06. The molecular formula is C7H8ClF2NO3. The Hall–Kier alpha value is -1.17. The van der Waals surface area contributed by atoms with Crippen molar-refractivity contribution in [3.8, 4) is 0 Å². The molecule has 1 unspecified atom stereocenters. The van der Waals surface area contributed by atoms with Crippen LogP contribution in [0, 0.1) is 0 Å². The molecular weight excluding hydrogens is 220 g/mol. The maximum absolute atomic E-state index is 12.1. The number of carboxylic acid groups (broad SMARTS) is 1. The van der Waals surface area contributed by atoms with Gasteiger partial charge in [-0.1, -0.05) is 0 Å². The van der Waals surface area contributed by atoms with Gasteiger partial charge in [0.25, 0.3) is 6.43 Å². The molecule has 7 heteroatoms. The number of alkyl halides is 3. The van der Waals surface area contributed by atoms with Crippen LogP contribution in [0.2, 0.25) is 0 Å². The zero-order chi connectivity index (χ0) is 11.3. The molecule has 0 aromatic carbocycles. The number of carboxylic acids is 1. The van der Waals surface area contributed by atoms with Gasteiger partial charge in [0.2, 0.25) is 5.91 Å². The van der Waals surface area contributed by atoms with Crippen molar-refractivity contribution < 1.29 is 23.5 Å². The Morgan fingerprint density at radius 3 is 2.29 bits per heavy atom. The van der Waals surface area contributed by atoms with E-state index < -0.39 is 29.4 Å². The molecule has 14 heavy (non-hydrogen) atoms. The maximum Gasteiger partial charge on any atom is 0.330 e. The van der Waals surface area contributed by atoms with Crippen LogP contribution in [-0.4, -0.2) is 28.8 Å². The largest absolute Gasteiger partial charge is 0.478 e. The third-order valence-electron chi connectivity index (χ3n) is 1.14. The SMILES string of the molecule is CC(Cl)C(=O)N/C(=C/C(=O)O)C(F)F. The number of carbonyl (C=O) groups excluding carboxylic acids is 1. The lowest BCUT2D eigenvalue weighted by atomic mass is 10.3. The summed E-state index contributed by atoms with van der Waals surface area (Å²) >= 11 is 5.28. The lowest BCUT2D eigenvalue weighted by Crippen LogP contribution is -2.32. The van der Waals surface area contributed by atoms with Crippen LogP contribution in [0.3, 0.4) is 0 Å². The highest BCUT2D eigenvalue weighted by Gasteiger charge is 2.18. The molecule has 4 nitrogen and oxygen atoms in total. The van der Waals surface area contributed by atoms with Gasteiger partial charge in [0.1, 0.15) is 5.38 Å². The van der Waals surface area contributed by atoms with E-state index in [1.807, 2.05) is 0 Å². The summed E-state index contributed by atoms with van der Waals surface area (Å²) in [6.45, 7) is 1.28. The Labute approximate surface area is 83.5 Å². The van der Waals surface area contributed by atoms with Crippen molar-refractivity contribution in [3.63, 3.8) is 0 Å². The number of hydrogen-bond donors (Lipinski definition) is 2. The summed E-state index contributed by atoms with van der Waals surface area (Å²) < 4.78 is 24.2. The van der Waals surface area contributed by atoms with E-state index >= 15 is 0 Å². The molecule has 0 fully saturated rings. The van der Waals surface area contributed by atoms with Crippen LogP contribution in [0.15, 0.2) is 11.8 Å². The van der Waals surface area contributed by atoms with Crippen LogP contribution in [0.5, 0.6) is 0 Å². The Kier molecular flexibility index (Phi) is 5.07. The Balaban J connectivity index is 4.55. The molecule has 0 spiro atoms. The minimum Gasteiger partial charge on any atom is -0.478 e. The molecule has 0 aliphatic carbocycles. The molecule has 2 N–H and O–H groups in total. The first kappa shape index (κ1) is 12.8. The Morgan fingerprint density at radius 1 is 1.50 bits per heavy atom. The average Bonchev–Trinajstić information content (AvgIpc) is 2.01. The molecule has 1 amide bonds. The lowest BCUT2D eigenvalue weighted by molar-refractivity contribution is -0.131. The summed E-state index contributed by atoms with van der Waals surface area (Å²) in [5, 5.41) is 8.89. The quantitative estimate of drug-likeness (QED) is 0.555. The van der Waals surface area contributed by atoms with E-state index in [0.717, 1.165) is 0 Å². The van der Waals surface area contributed by atoms with Crippen molar-refractivity contribution in [3.05, 3.63) is 11.8 Å². The van der Waals surface area contributed by atoms with E-state index in [4.69, 9.17) is 16.7 Å². The summed E-state index contributed by atoms with van der Waals surface area (Å²) in [6.07, 6.45) is -2.84. The number of allylic oxidation sites excluding steroid dienone is 1. The average molecular weight is 228 g/mol. The molecule has 0 aromatic heterocycles. The summed E-state index contributed by atoms with van der Waals surface area (Å²) in [5.41, 5.74) is -0.977. The van der Waals surface area contributed by atoms with Crippen LogP contribution in [0.25, 0.3) is 0 Å². The fourth-order valence-corrected chi connectivity index (χ4v) is 0.583. The number of hydrogen-bond acceptors (Lipinski definition) is 2. The highest BCUT2D eigenvalue weighted by atomic mass is 35.5. The second kappa shape index (κ2) is 5.54. The van der Waals surface area contributed by atoms with Gasteiger partial charge in [-0.3, -0.25) is 4.79 Å². The smallest absolute Gasteiger partial charge is 0.330 e. The van der Waals surface area contributed by atoms with Gasteiger partial charge in [-0.2, -0.15) is 0 Å². The lowest BCUT2D eigenvalue weighted by Gasteiger charge is -2.08. The topological polar surface area (TPSA) is 66.4 Å². The van der Waals surface area contributed by atoms with Gasteiger partial charge >= 0.3 is 5.97 Å². The van der Waals surface area contributed by atoms with E-state index in [-0.39, 0.29) is 6.08 Å². The molecule has 0 aromatic rings. The van der Waals surface area contributed by atoms with Gasteiger partial charge in [-0.15, -0.1) is 11.6 Å². The molecule has 0 radical (unpaired) electrons. The first-order valence-corrected chi connectivity index (χ1v) is 3.95. The third kappa shape index (κ3) is 4.76. The number of halogens is 3. The van der Waals surface area contributed by atoms with Gasteiger partial charge in [0.15, 0.2) is 0 Å². The van der Waals surface area contributed by atoms with E-state index in [1.165, 1.54) is 6.92 Å². The van der Waals surface area contributed by atoms with E-state index in [2.05, 4.69) is 0 Å². The predicted octanol–water partition coefficient (Wildman–Crippen LogP) is 0.964. The molecule has 0 saturated carbocycles. The summed E-state index contributed by atoms with van der Waals surface area (Å²) in [5.74, 6) is -2.44. The van der Waals surface area contributed by atoms with Crippen molar-refractivity contribution in [1.82, 2.24) is 5.32 Å². The fourth-order valence-electron chi connectivity index (χ4n) is 0.528. The first-order valence-electron chi connectivity index (χ1n) is 3.52. The molecule has 0 aliphatic heterocycles. The second-order valence-electron chi connectivity index (χ2n) is 2.34. The second-order valence-corrected chi connectivity index (χ2v) is 3.00. The van der Waals surface area contributed by atoms with E-state index in [9.17, 15) is 18.4 Å². The van der Waals surface area contributed by atoms with Gasteiger partial charge < -0.3 is 10.4 Å². The van der Waals surface area contributed by atoms with E-state index in [0.29, 0.717) is 0 Å². The highest BCUT2D eigenvalue weighted by molar-refractivity contribution is 6.30. The van der Waals surface area contributed by atoms with Gasteiger partial charge in [-0.25, -0.2) is 13.6 Å². The van der Waals surface area contributed by atoms with Crippen molar-refractivity contribution in [1.29, 1.82) is 0 Å². The Morgan fingerprint density at radius 2 is 2.00 bits per heavy atom. The van der Waals surface area contributed by atoms with Crippen molar-refractivity contribution in [2.45, 2.75) is 18.7 Å². The zero-order valence-corrected chi connectivity index (χ0v) is 7.89. The number of carbonyl (C=O) groups is 2. The number of aliphatic carboxylic acids is 1. The van der Waals surface area contributed by atoms with Crippen LogP contribution in [0.1, 0.15) is 6.92 Å². The monoisotopic (exact) mass is 227 g/mol. The summed E-state index contributed by atoms with van der Waals surface area (Å²) in [7, 11) is 0. The van der Waals surface area contributed by atoms with Crippen molar-refractivity contribution in [2.24, 2.45) is 0 Å². The molecule has 0 bridgehead atoms. The highest BCUT2D eigenvalue weighted by Crippen LogP contribution is 2.06. The Bertz CT molecular complexity index is 266. The molecule has 0 heterocycles. The van der Waals surface area contributed by atoms with Crippen molar-refractivity contribution in [2.75, 3.05) is 0 Å². The van der Waals surface area contributed by atoms with Crippen molar-refractivity contribution >= 4 is 23.5 Å². The van der Waals surface area contributed by atoms with Crippen LogP contribution >= 0.6 is 11.6 Å². The normalized spacial score (nSPS) is 13.9. The zero-order valence-electron chi connectivity index (χ0n) is 7.13. The first-order chi connectivity index (χ1) is 6.34. The van der Waals surface area contributed by atoms with Gasteiger partial charge in [0.05, 0.1) is 5.70 Å². The summed E-state index contributed by atoms with van der Waals surface area (Å²) in [4.78, 5) is 20.9. The predicted molar refractivity (Wildman–Crippen MR) is 45.2 cm³/mol. The van der Waals surface area contributed by atoms with Crippen LogP contribution < -0.4 is 5.32 Å². The summed E-state index contributed by atoms with van der Waals surface area (Å²) in [6, 6.07) is 0. The third-order valence-corrected chi connectivity index (χ3v) is 1.34. The van der Waals surface area contributed by atoms with E-state index in [1.54, 1.807) is 5.32 Å². The molecule has 80 valence electrons. The minimum absolute atomic E-state index is 0.224. The number of rotatable bonds is 4. The van der Waals surface area contributed by atoms with Crippen LogP contribution in [-0.2, 0) is 9.59 Å². The fraction of sp³-hybridized carbons (Fsp3) is 0.429. The van der Waals surface area contributed by atoms with Gasteiger partial charge in [0, 0.05) is 6.08 Å². The maximum atomic E-state index is 12.1. The molecule has 0 rings (SSSR count). The molecule has 0 aliphatic rings. The number of amides is 1. The van der Waals surface area contributed by atoms with Gasteiger partial charge in [-0.05, 0) is 6.92 Å². The van der Waals surface area contributed by atoms with Crippen LogP contribution in [0.4, 0.5) is 8.78 Å².